The molecule has 3 aromatic rings. The minimum absolute atomic E-state index is 0.0312. The number of aromatic nitrogens is 2. The number of methoxy groups -OCH3 is 1. The van der Waals surface area contributed by atoms with Crippen molar-refractivity contribution < 1.29 is 9.53 Å². The Bertz CT molecular complexity index is 1270. The Hall–Kier alpha value is -3.94. The first kappa shape index (κ1) is 19.4. The molecule has 4 rings (SSSR count). The zero-order valence-corrected chi connectivity index (χ0v) is 16.7. The molecule has 1 N–H and O–H groups in total. The van der Waals surface area contributed by atoms with E-state index in [0.717, 1.165) is 10.1 Å². The van der Waals surface area contributed by atoms with Crippen LogP contribution in [0.1, 0.15) is 22.0 Å². The molecule has 1 aliphatic heterocycles. The second-order valence-corrected chi connectivity index (χ2v) is 6.95. The van der Waals surface area contributed by atoms with Gasteiger partial charge in [0.05, 0.1) is 13.2 Å². The number of aliphatic imine (C=N–C) groups is 1. The van der Waals surface area contributed by atoms with E-state index in [1.54, 1.807) is 50.6 Å². The molecule has 1 aromatic heterocycles. The van der Waals surface area contributed by atoms with Gasteiger partial charge in [0.1, 0.15) is 17.3 Å². The topological polar surface area (TPSA) is 94.7 Å². The number of nitrogens with one attached hydrogen (secondary N) is 1. The predicted octanol–water partition coefficient (Wildman–Crippen LogP) is 2.21. The second kappa shape index (κ2) is 7.47. The number of carbonyl (C=O) groups excluding carboxylic acids is 1. The summed E-state index contributed by atoms with van der Waals surface area (Å²) >= 11 is 0. The Kier molecular flexibility index (Phi) is 4.83. The first-order chi connectivity index (χ1) is 14.4. The summed E-state index contributed by atoms with van der Waals surface area (Å²) in [7, 11) is 4.51. The van der Waals surface area contributed by atoms with Gasteiger partial charge in [-0.15, -0.1) is 0 Å². The van der Waals surface area contributed by atoms with Gasteiger partial charge in [0, 0.05) is 19.7 Å². The highest BCUT2D eigenvalue weighted by Gasteiger charge is 2.32. The van der Waals surface area contributed by atoms with Crippen molar-refractivity contribution in [3.8, 4) is 5.75 Å². The van der Waals surface area contributed by atoms with E-state index in [1.807, 2.05) is 18.2 Å². The summed E-state index contributed by atoms with van der Waals surface area (Å²) in [5.74, 6) is 0.642. The Balaban J connectivity index is 1.93. The van der Waals surface area contributed by atoms with Crippen molar-refractivity contribution in [2.24, 2.45) is 19.1 Å². The van der Waals surface area contributed by atoms with Crippen LogP contribution in [0.3, 0.4) is 0 Å². The number of benzene rings is 2. The molecule has 8 heteroatoms. The molecular weight excluding hydrogens is 384 g/mol. The molecule has 8 nitrogen and oxygen atoms in total. The molecule has 1 unspecified atom stereocenters. The van der Waals surface area contributed by atoms with Gasteiger partial charge >= 0.3 is 5.69 Å². The zero-order chi connectivity index (χ0) is 21.4. The van der Waals surface area contributed by atoms with Crippen molar-refractivity contribution >= 4 is 23.0 Å². The van der Waals surface area contributed by atoms with Gasteiger partial charge in [-0.1, -0.05) is 42.5 Å². The van der Waals surface area contributed by atoms with E-state index in [2.05, 4.69) is 10.3 Å². The maximum atomic E-state index is 13.3. The quantitative estimate of drug-likeness (QED) is 0.673. The summed E-state index contributed by atoms with van der Waals surface area (Å²) in [6.45, 7) is 0. The molecule has 0 fully saturated rings. The van der Waals surface area contributed by atoms with E-state index >= 15 is 0 Å². The number of rotatable bonds is 4. The number of ether oxygens (including phenoxy) is 1. The molecule has 0 saturated heterocycles. The lowest BCUT2D eigenvalue weighted by molar-refractivity contribution is 0.106. The number of hydrogen-bond donors (Lipinski definition) is 1. The van der Waals surface area contributed by atoms with E-state index in [4.69, 9.17) is 4.74 Å². The first-order valence-corrected chi connectivity index (χ1v) is 9.31. The van der Waals surface area contributed by atoms with Crippen LogP contribution < -0.4 is 21.3 Å². The van der Waals surface area contributed by atoms with Gasteiger partial charge in [0.2, 0.25) is 5.78 Å². The number of anilines is 1. The standard InChI is InChI=1S/C22H20N4O4/c1-25-20-18(21(28)26(2)22(25)29)23-17(19(27)14-7-5-4-6-8-14)16(24-20)13-9-11-15(30-3)12-10-13/h4-12,16,24H,1-3H3. The van der Waals surface area contributed by atoms with Gasteiger partial charge in [0.15, 0.2) is 5.69 Å². The number of Topliss-reactive ketones (excluding diaryl/α,β-unsaturated/α-hetero) is 1. The maximum Gasteiger partial charge on any atom is 0.332 e. The highest BCUT2D eigenvalue weighted by molar-refractivity contribution is 6.48. The third-order valence-electron chi connectivity index (χ3n) is 5.15. The van der Waals surface area contributed by atoms with Crippen molar-refractivity contribution in [1.29, 1.82) is 0 Å². The summed E-state index contributed by atoms with van der Waals surface area (Å²) in [4.78, 5) is 42.8. The minimum atomic E-state index is -0.645. The average molecular weight is 404 g/mol. The third-order valence-corrected chi connectivity index (χ3v) is 5.15. The van der Waals surface area contributed by atoms with Gasteiger partial charge in [-0.05, 0) is 17.7 Å². The van der Waals surface area contributed by atoms with Gasteiger partial charge in [-0.2, -0.15) is 0 Å². The molecule has 0 amide bonds. The average Bonchev–Trinajstić information content (AvgIpc) is 2.80. The molecule has 30 heavy (non-hydrogen) atoms. The number of fused-ring (bicyclic) bond motifs is 1. The Morgan fingerprint density at radius 1 is 1.00 bits per heavy atom. The highest BCUT2D eigenvalue weighted by Crippen LogP contribution is 2.33. The fourth-order valence-electron chi connectivity index (χ4n) is 3.44. The minimum Gasteiger partial charge on any atom is -0.497 e. The van der Waals surface area contributed by atoms with Crippen LogP contribution >= 0.6 is 0 Å². The molecule has 1 aliphatic rings. The molecule has 1 atom stereocenters. The molecule has 0 saturated carbocycles. The van der Waals surface area contributed by atoms with Gasteiger partial charge in [0.25, 0.3) is 5.56 Å². The summed E-state index contributed by atoms with van der Waals surface area (Å²) in [5, 5.41) is 3.19. The molecular formula is C22H20N4O4. The molecule has 2 aromatic carbocycles. The Morgan fingerprint density at radius 2 is 1.67 bits per heavy atom. The van der Waals surface area contributed by atoms with Crippen molar-refractivity contribution in [2.45, 2.75) is 6.04 Å². The Morgan fingerprint density at radius 3 is 2.30 bits per heavy atom. The van der Waals surface area contributed by atoms with E-state index in [1.165, 1.54) is 11.6 Å². The smallest absolute Gasteiger partial charge is 0.332 e. The highest BCUT2D eigenvalue weighted by atomic mass is 16.5. The van der Waals surface area contributed by atoms with Crippen molar-refractivity contribution in [3.63, 3.8) is 0 Å². The Labute approximate surface area is 172 Å². The number of hydrogen-bond acceptors (Lipinski definition) is 6. The molecule has 0 bridgehead atoms. The van der Waals surface area contributed by atoms with E-state index in [-0.39, 0.29) is 23.0 Å². The van der Waals surface area contributed by atoms with Crippen LogP contribution in [0.15, 0.2) is 69.2 Å². The predicted molar refractivity (Wildman–Crippen MR) is 114 cm³/mol. The van der Waals surface area contributed by atoms with Crippen molar-refractivity contribution in [3.05, 3.63) is 86.6 Å². The van der Waals surface area contributed by atoms with Crippen LogP contribution in [0, 0.1) is 0 Å². The van der Waals surface area contributed by atoms with Crippen molar-refractivity contribution in [2.75, 3.05) is 12.4 Å². The summed E-state index contributed by atoms with van der Waals surface area (Å²) < 4.78 is 7.51. The number of ketones is 1. The van der Waals surface area contributed by atoms with Gasteiger partial charge < -0.3 is 10.1 Å². The van der Waals surface area contributed by atoms with E-state index in [0.29, 0.717) is 11.3 Å². The van der Waals surface area contributed by atoms with Gasteiger partial charge in [-0.3, -0.25) is 18.7 Å². The lowest BCUT2D eigenvalue weighted by atomic mass is 9.94. The second-order valence-electron chi connectivity index (χ2n) is 6.95. The molecule has 0 aliphatic carbocycles. The maximum absolute atomic E-state index is 13.3. The fourth-order valence-corrected chi connectivity index (χ4v) is 3.44. The third kappa shape index (κ3) is 3.12. The normalized spacial score (nSPS) is 15.0. The van der Waals surface area contributed by atoms with Crippen LogP contribution in [-0.4, -0.2) is 27.7 Å². The number of carbonyl (C=O) groups is 1. The van der Waals surface area contributed by atoms with E-state index < -0.39 is 17.3 Å². The lowest BCUT2D eigenvalue weighted by Gasteiger charge is -2.28. The summed E-state index contributed by atoms with van der Waals surface area (Å²) in [6.07, 6.45) is 0. The van der Waals surface area contributed by atoms with Crippen LogP contribution in [0.25, 0.3) is 0 Å². The van der Waals surface area contributed by atoms with E-state index in [9.17, 15) is 14.4 Å². The van der Waals surface area contributed by atoms with Crippen molar-refractivity contribution in [1.82, 2.24) is 9.13 Å². The molecule has 2 heterocycles. The van der Waals surface area contributed by atoms with Crippen LogP contribution in [0.4, 0.5) is 11.5 Å². The van der Waals surface area contributed by atoms with Crippen LogP contribution in [0.2, 0.25) is 0 Å². The fraction of sp³-hybridized carbons (Fsp3) is 0.182. The summed E-state index contributed by atoms with van der Waals surface area (Å²) in [6, 6.07) is 15.3. The largest absolute Gasteiger partial charge is 0.497 e. The summed E-state index contributed by atoms with van der Waals surface area (Å²) in [5.41, 5.74) is 0.373. The molecule has 152 valence electrons. The molecule has 0 radical (unpaired) electrons. The zero-order valence-electron chi connectivity index (χ0n) is 16.7. The first-order valence-electron chi connectivity index (χ1n) is 9.31. The number of nitrogens with zero attached hydrogens (tertiary/aromatic N) is 3. The van der Waals surface area contributed by atoms with Crippen LogP contribution in [0.5, 0.6) is 5.75 Å². The van der Waals surface area contributed by atoms with Gasteiger partial charge in [-0.25, -0.2) is 9.79 Å². The SMILES string of the molecule is COc1ccc(C2Nc3c(c(=O)n(C)c(=O)n3C)N=C2C(=O)c2ccccc2)cc1. The molecule has 0 spiro atoms. The monoisotopic (exact) mass is 404 g/mol. The lowest BCUT2D eigenvalue weighted by Crippen LogP contribution is -2.41. The van der Waals surface area contributed by atoms with Crippen LogP contribution in [-0.2, 0) is 14.1 Å².